The molecule has 0 bridgehead atoms. The lowest BCUT2D eigenvalue weighted by atomic mass is 10.00. The highest BCUT2D eigenvalue weighted by atomic mass is 16.5. The molecule has 5 heteroatoms. The summed E-state index contributed by atoms with van der Waals surface area (Å²) in [4.78, 5) is 11.0. The van der Waals surface area contributed by atoms with Gasteiger partial charge in [-0.1, -0.05) is 13.8 Å². The van der Waals surface area contributed by atoms with Crippen LogP contribution in [0.25, 0.3) is 0 Å². The molecule has 0 spiro atoms. The summed E-state index contributed by atoms with van der Waals surface area (Å²) >= 11 is 0. The predicted octanol–water partition coefficient (Wildman–Crippen LogP) is 1.71. The molecule has 0 amide bonds. The molecule has 2 unspecified atom stereocenters. The molecule has 0 aliphatic heterocycles. The summed E-state index contributed by atoms with van der Waals surface area (Å²) in [6, 6.07) is 2.16. The molecule has 0 aromatic carbocycles. The summed E-state index contributed by atoms with van der Waals surface area (Å²) in [5, 5.41) is 20.7. The first-order valence-corrected chi connectivity index (χ1v) is 5.13. The van der Waals surface area contributed by atoms with Gasteiger partial charge in [-0.3, -0.25) is 0 Å². The zero-order valence-electron chi connectivity index (χ0n) is 9.29. The Hall–Kier alpha value is -1.78. The van der Waals surface area contributed by atoms with Crippen LogP contribution in [0.3, 0.4) is 0 Å². The number of hydroxylamine groups is 1. The molecule has 5 nitrogen and oxygen atoms in total. The molecule has 1 aromatic heterocycles. The van der Waals surface area contributed by atoms with Crippen molar-refractivity contribution < 1.29 is 19.1 Å². The van der Waals surface area contributed by atoms with E-state index in [9.17, 15) is 10.0 Å². The molecule has 1 heterocycles. The van der Waals surface area contributed by atoms with Crippen LogP contribution in [0.5, 0.6) is 0 Å². The van der Waals surface area contributed by atoms with Crippen LogP contribution in [-0.4, -0.2) is 28.1 Å². The monoisotopic (exact) mass is 225 g/mol. The fourth-order valence-electron chi connectivity index (χ4n) is 1.40. The second-order valence-corrected chi connectivity index (χ2v) is 3.67. The number of aliphatic carboxylic acids is 1. The van der Waals surface area contributed by atoms with Crippen molar-refractivity contribution in [2.24, 2.45) is 5.92 Å². The Bertz CT molecular complexity index is 369. The summed E-state index contributed by atoms with van der Waals surface area (Å²) in [5.74, 6) is -0.988. The Morgan fingerprint density at radius 3 is 2.88 bits per heavy atom. The molecule has 16 heavy (non-hydrogen) atoms. The van der Waals surface area contributed by atoms with Gasteiger partial charge in [0, 0.05) is 5.92 Å². The van der Waals surface area contributed by atoms with E-state index in [0.29, 0.717) is 16.9 Å². The Balaban J connectivity index is 2.91. The SMILES string of the molecule is CCC(C)C(C(=O)O)/[N+]([O-])=C/c1ccco1. The minimum Gasteiger partial charge on any atom is -0.623 e. The number of carboxylic acid groups (broad SMARTS) is 1. The largest absolute Gasteiger partial charge is 0.623 e. The Morgan fingerprint density at radius 2 is 2.44 bits per heavy atom. The number of rotatable bonds is 5. The zero-order valence-corrected chi connectivity index (χ0v) is 9.29. The molecule has 0 saturated carbocycles. The maximum Gasteiger partial charge on any atom is 0.374 e. The molecular formula is C11H15NO4. The number of furan rings is 1. The van der Waals surface area contributed by atoms with Gasteiger partial charge < -0.3 is 14.7 Å². The van der Waals surface area contributed by atoms with Gasteiger partial charge in [0.05, 0.1) is 6.26 Å². The standard InChI is InChI=1S/C11H15NO4/c1-3-8(2)10(11(13)14)12(15)7-9-5-4-6-16-9/h4-8,10H,3H2,1-2H3,(H,13,14)/b12-7-. The Morgan fingerprint density at radius 1 is 1.75 bits per heavy atom. The summed E-state index contributed by atoms with van der Waals surface area (Å²) in [6.45, 7) is 3.58. The van der Waals surface area contributed by atoms with Crippen LogP contribution in [0.15, 0.2) is 22.8 Å². The topological polar surface area (TPSA) is 76.5 Å². The number of hydrogen-bond acceptors (Lipinski definition) is 3. The first kappa shape index (κ1) is 12.3. The van der Waals surface area contributed by atoms with Crippen LogP contribution in [-0.2, 0) is 4.79 Å². The quantitative estimate of drug-likeness (QED) is 0.358. The first-order chi connectivity index (χ1) is 7.56. The molecule has 2 atom stereocenters. The minimum absolute atomic E-state index is 0.221. The van der Waals surface area contributed by atoms with Crippen molar-refractivity contribution in [1.82, 2.24) is 0 Å². The van der Waals surface area contributed by atoms with E-state index < -0.39 is 12.0 Å². The van der Waals surface area contributed by atoms with E-state index in [1.54, 1.807) is 19.1 Å². The second kappa shape index (κ2) is 5.34. The van der Waals surface area contributed by atoms with Crippen molar-refractivity contribution in [2.45, 2.75) is 26.3 Å². The van der Waals surface area contributed by atoms with Gasteiger partial charge >= 0.3 is 5.97 Å². The van der Waals surface area contributed by atoms with Crippen molar-refractivity contribution in [1.29, 1.82) is 0 Å². The van der Waals surface area contributed by atoms with Crippen molar-refractivity contribution in [3.05, 3.63) is 29.4 Å². The second-order valence-electron chi connectivity index (χ2n) is 3.67. The van der Waals surface area contributed by atoms with E-state index in [4.69, 9.17) is 9.52 Å². The Kier molecular flexibility index (Phi) is 4.10. The molecule has 1 aromatic rings. The zero-order chi connectivity index (χ0) is 12.1. The third kappa shape index (κ3) is 2.85. The van der Waals surface area contributed by atoms with Gasteiger partial charge in [0.2, 0.25) is 6.21 Å². The molecule has 0 aliphatic rings. The van der Waals surface area contributed by atoms with Crippen molar-refractivity contribution >= 4 is 12.2 Å². The highest BCUT2D eigenvalue weighted by molar-refractivity contribution is 5.76. The van der Waals surface area contributed by atoms with Gasteiger partial charge in [-0.15, -0.1) is 0 Å². The third-order valence-electron chi connectivity index (χ3n) is 2.51. The summed E-state index contributed by atoms with van der Waals surface area (Å²) in [7, 11) is 0. The van der Waals surface area contributed by atoms with Gasteiger partial charge in [-0.2, -0.15) is 4.74 Å². The van der Waals surface area contributed by atoms with Crippen LogP contribution in [0.1, 0.15) is 26.0 Å². The summed E-state index contributed by atoms with van der Waals surface area (Å²) in [5.41, 5.74) is 0. The average molecular weight is 225 g/mol. The normalized spacial score (nSPS) is 15.8. The van der Waals surface area contributed by atoms with Crippen molar-refractivity contribution in [3.63, 3.8) is 0 Å². The van der Waals surface area contributed by atoms with E-state index in [-0.39, 0.29) is 5.92 Å². The number of carboxylic acids is 1. The van der Waals surface area contributed by atoms with Gasteiger partial charge in [0.15, 0.2) is 5.76 Å². The van der Waals surface area contributed by atoms with E-state index >= 15 is 0 Å². The van der Waals surface area contributed by atoms with Crippen LogP contribution >= 0.6 is 0 Å². The number of hydrogen-bond donors (Lipinski definition) is 1. The highest BCUT2D eigenvalue weighted by Gasteiger charge is 2.31. The van der Waals surface area contributed by atoms with Gasteiger partial charge in [0.1, 0.15) is 0 Å². The average Bonchev–Trinajstić information content (AvgIpc) is 2.69. The molecule has 1 N–H and O–H groups in total. The predicted molar refractivity (Wildman–Crippen MR) is 58.4 cm³/mol. The number of carbonyl (C=O) groups is 1. The molecular weight excluding hydrogens is 210 g/mol. The fourth-order valence-corrected chi connectivity index (χ4v) is 1.40. The van der Waals surface area contributed by atoms with E-state index in [0.717, 1.165) is 6.21 Å². The van der Waals surface area contributed by atoms with Crippen molar-refractivity contribution in [3.8, 4) is 0 Å². The van der Waals surface area contributed by atoms with Gasteiger partial charge in [-0.25, -0.2) is 4.79 Å². The lowest BCUT2D eigenvalue weighted by Crippen LogP contribution is -2.37. The van der Waals surface area contributed by atoms with Crippen molar-refractivity contribution in [2.75, 3.05) is 0 Å². The van der Waals surface area contributed by atoms with Crippen LogP contribution < -0.4 is 0 Å². The smallest absolute Gasteiger partial charge is 0.374 e. The third-order valence-corrected chi connectivity index (χ3v) is 2.51. The molecule has 1 rings (SSSR count). The van der Waals surface area contributed by atoms with Crippen LogP contribution in [0.2, 0.25) is 0 Å². The highest BCUT2D eigenvalue weighted by Crippen LogP contribution is 2.11. The van der Waals surface area contributed by atoms with Gasteiger partial charge in [0.25, 0.3) is 6.04 Å². The molecule has 0 saturated heterocycles. The maximum absolute atomic E-state index is 11.7. The van der Waals surface area contributed by atoms with E-state index in [1.807, 2.05) is 6.92 Å². The van der Waals surface area contributed by atoms with Gasteiger partial charge in [-0.05, 0) is 18.6 Å². The molecule has 0 aliphatic carbocycles. The van der Waals surface area contributed by atoms with Crippen LogP contribution in [0, 0.1) is 11.1 Å². The molecule has 0 radical (unpaired) electrons. The minimum atomic E-state index is -1.12. The molecule has 0 fully saturated rings. The summed E-state index contributed by atoms with van der Waals surface area (Å²) in [6.07, 6.45) is 3.21. The first-order valence-electron chi connectivity index (χ1n) is 5.13. The maximum atomic E-state index is 11.7. The summed E-state index contributed by atoms with van der Waals surface area (Å²) < 4.78 is 5.40. The lowest BCUT2D eigenvalue weighted by molar-refractivity contribution is -0.493. The lowest BCUT2D eigenvalue weighted by Gasteiger charge is -2.17. The van der Waals surface area contributed by atoms with E-state index in [1.165, 1.54) is 6.26 Å². The van der Waals surface area contributed by atoms with Crippen LogP contribution in [0.4, 0.5) is 0 Å². The Labute approximate surface area is 93.6 Å². The van der Waals surface area contributed by atoms with E-state index in [2.05, 4.69) is 0 Å². The molecule has 88 valence electrons. The number of nitrogens with zero attached hydrogens (tertiary/aromatic N) is 1. The fraction of sp³-hybridized carbons (Fsp3) is 0.455.